The van der Waals surface area contributed by atoms with Crippen LogP contribution < -0.4 is 4.74 Å². The summed E-state index contributed by atoms with van der Waals surface area (Å²) in [5.41, 5.74) is 2.16. The summed E-state index contributed by atoms with van der Waals surface area (Å²) in [6, 6.07) is 4.40. The molecule has 1 aromatic carbocycles. The third kappa shape index (κ3) is 1.41. The molecule has 1 N–H and O–H groups in total. The van der Waals surface area contributed by atoms with E-state index < -0.39 is 16.8 Å². The van der Waals surface area contributed by atoms with Gasteiger partial charge in [-0.1, -0.05) is 12.1 Å². The van der Waals surface area contributed by atoms with Gasteiger partial charge in [-0.15, -0.1) is 0 Å². The van der Waals surface area contributed by atoms with E-state index in [-0.39, 0.29) is 12.1 Å². The van der Waals surface area contributed by atoms with Crippen LogP contribution in [0, 0.1) is 6.92 Å². The number of aliphatic hydroxyl groups is 1. The molecule has 0 saturated carbocycles. The number of fused-ring (bicyclic) bond motifs is 1. The number of likely N-dealkylation sites (tertiary alicyclic amines) is 1. The van der Waals surface area contributed by atoms with Crippen LogP contribution in [-0.2, 0) is 21.3 Å². The summed E-state index contributed by atoms with van der Waals surface area (Å²) in [5.74, 6) is 0.0540. The number of benzene rings is 1. The fourth-order valence-electron chi connectivity index (χ4n) is 6.12. The molecule has 1 aromatic rings. The summed E-state index contributed by atoms with van der Waals surface area (Å²) in [5, 5.41) is 12.0. The zero-order valence-corrected chi connectivity index (χ0v) is 14.6. The fraction of sp³-hybridized carbons (Fsp3) is 0.600. The van der Waals surface area contributed by atoms with E-state index in [9.17, 15) is 5.11 Å². The third-order valence-corrected chi connectivity index (χ3v) is 7.27. The van der Waals surface area contributed by atoms with Crippen molar-refractivity contribution < 1.29 is 19.3 Å². The summed E-state index contributed by atoms with van der Waals surface area (Å²) in [7, 11) is 2.11. The van der Waals surface area contributed by atoms with Crippen molar-refractivity contribution in [1.29, 1.82) is 0 Å². The van der Waals surface area contributed by atoms with Gasteiger partial charge in [-0.05, 0) is 56.6 Å². The lowest BCUT2D eigenvalue weighted by molar-refractivity contribution is -0.237. The molecule has 2 unspecified atom stereocenters. The fourth-order valence-corrected chi connectivity index (χ4v) is 6.12. The first kappa shape index (κ1) is 14.7. The van der Waals surface area contributed by atoms with Gasteiger partial charge in [0.05, 0.1) is 18.6 Å². The average Bonchev–Trinajstić information content (AvgIpc) is 3.19. The Labute approximate surface area is 147 Å². The number of aryl methyl sites for hydroxylation is 1. The Morgan fingerprint density at radius 1 is 1.20 bits per heavy atom. The zero-order valence-electron chi connectivity index (χ0n) is 14.6. The first-order valence-electron chi connectivity index (χ1n) is 9.22. The van der Waals surface area contributed by atoms with Gasteiger partial charge >= 0.3 is 0 Å². The largest absolute Gasteiger partial charge is 0.483 e. The van der Waals surface area contributed by atoms with E-state index >= 15 is 0 Å². The van der Waals surface area contributed by atoms with Crippen molar-refractivity contribution in [2.45, 2.75) is 48.7 Å². The van der Waals surface area contributed by atoms with Crippen molar-refractivity contribution in [3.05, 3.63) is 41.0 Å². The predicted molar refractivity (Wildman–Crippen MR) is 90.7 cm³/mol. The smallest absolute Gasteiger partial charge is 0.227 e. The molecule has 2 aliphatic carbocycles. The lowest BCUT2D eigenvalue weighted by Gasteiger charge is -2.62. The lowest BCUT2D eigenvalue weighted by Crippen LogP contribution is -2.77. The second kappa shape index (κ2) is 4.29. The maximum Gasteiger partial charge on any atom is 0.227 e. The third-order valence-electron chi connectivity index (χ3n) is 7.27. The van der Waals surface area contributed by atoms with E-state index in [1.54, 1.807) is 0 Å². The minimum Gasteiger partial charge on any atom is -0.483 e. The Bertz CT molecular complexity index is 814. The molecular weight excluding hydrogens is 318 g/mol. The van der Waals surface area contributed by atoms with Crippen LogP contribution in [0.4, 0.5) is 0 Å². The molecule has 0 amide bonds. The van der Waals surface area contributed by atoms with Crippen LogP contribution in [0.2, 0.25) is 0 Å². The maximum absolute atomic E-state index is 12.0. The molecule has 5 aliphatic rings. The van der Waals surface area contributed by atoms with Crippen molar-refractivity contribution in [2.24, 2.45) is 0 Å². The normalized spacial score (nSPS) is 42.5. The van der Waals surface area contributed by atoms with E-state index in [1.165, 1.54) is 11.1 Å². The van der Waals surface area contributed by atoms with E-state index in [1.807, 2.05) is 12.2 Å². The average molecular weight is 341 g/mol. The summed E-state index contributed by atoms with van der Waals surface area (Å²) >= 11 is 0. The molecule has 25 heavy (non-hydrogen) atoms. The number of rotatable bonds is 0. The second-order valence-corrected chi connectivity index (χ2v) is 8.24. The highest BCUT2D eigenvalue weighted by molar-refractivity contribution is 5.62. The Hall–Kier alpha value is -1.40. The lowest BCUT2D eigenvalue weighted by atomic mass is 9.50. The molecular formula is C20H23NO4. The molecule has 5 heteroatoms. The molecule has 2 fully saturated rings. The van der Waals surface area contributed by atoms with Gasteiger partial charge in [0.25, 0.3) is 0 Å². The van der Waals surface area contributed by atoms with Gasteiger partial charge in [0, 0.05) is 11.6 Å². The molecule has 2 saturated heterocycles. The number of nitrogens with zero attached hydrogens (tertiary/aromatic N) is 1. The number of hydrogen-bond acceptors (Lipinski definition) is 5. The van der Waals surface area contributed by atoms with E-state index in [0.717, 1.165) is 30.7 Å². The molecule has 6 rings (SSSR count). The van der Waals surface area contributed by atoms with Crippen LogP contribution in [0.15, 0.2) is 24.3 Å². The van der Waals surface area contributed by atoms with Gasteiger partial charge in [0.15, 0.2) is 6.10 Å². The molecule has 5 nitrogen and oxygen atoms in total. The summed E-state index contributed by atoms with van der Waals surface area (Å²) in [6.45, 7) is 4.14. The van der Waals surface area contributed by atoms with Gasteiger partial charge in [0.1, 0.15) is 11.4 Å². The zero-order chi connectivity index (χ0) is 17.0. The van der Waals surface area contributed by atoms with E-state index in [4.69, 9.17) is 14.2 Å². The monoisotopic (exact) mass is 341 g/mol. The van der Waals surface area contributed by atoms with Gasteiger partial charge in [-0.3, -0.25) is 4.90 Å². The molecule has 0 aromatic heterocycles. The SMILES string of the molecule is Cc1ccc2c3c1OC1C4(C=CC5(O)[C@@H](C2)N(C)CC[C@]315)OCCO4. The molecule has 2 spiro atoms. The highest BCUT2D eigenvalue weighted by Gasteiger charge is 2.75. The Morgan fingerprint density at radius 2 is 2.00 bits per heavy atom. The number of ether oxygens (including phenoxy) is 3. The summed E-state index contributed by atoms with van der Waals surface area (Å²) in [6.07, 6.45) is 5.21. The maximum atomic E-state index is 12.0. The van der Waals surface area contributed by atoms with Crippen LogP contribution in [-0.4, -0.2) is 60.3 Å². The summed E-state index contributed by atoms with van der Waals surface area (Å²) in [4.78, 5) is 2.29. The first-order chi connectivity index (χ1) is 12.0. The van der Waals surface area contributed by atoms with Crippen molar-refractivity contribution in [1.82, 2.24) is 4.90 Å². The molecule has 2 bridgehead atoms. The van der Waals surface area contributed by atoms with Gasteiger partial charge in [0.2, 0.25) is 5.79 Å². The number of likely N-dealkylation sites (N-methyl/N-ethyl adjacent to an activating group) is 1. The van der Waals surface area contributed by atoms with Gasteiger partial charge in [-0.2, -0.15) is 0 Å². The van der Waals surface area contributed by atoms with Crippen molar-refractivity contribution in [2.75, 3.05) is 26.8 Å². The molecule has 3 aliphatic heterocycles. The van der Waals surface area contributed by atoms with Crippen LogP contribution in [0.3, 0.4) is 0 Å². The number of hydrogen-bond donors (Lipinski definition) is 1. The van der Waals surface area contributed by atoms with Crippen molar-refractivity contribution in [3.8, 4) is 5.75 Å². The highest BCUT2D eigenvalue weighted by Crippen LogP contribution is 2.65. The Balaban J connectivity index is 1.70. The molecule has 0 radical (unpaired) electrons. The molecule has 4 atom stereocenters. The highest BCUT2D eigenvalue weighted by atomic mass is 16.8. The summed E-state index contributed by atoms with van der Waals surface area (Å²) < 4.78 is 18.7. The second-order valence-electron chi connectivity index (χ2n) is 8.24. The number of piperidine rings is 1. The molecule has 132 valence electrons. The molecule has 3 heterocycles. The van der Waals surface area contributed by atoms with Crippen LogP contribution in [0.25, 0.3) is 0 Å². The van der Waals surface area contributed by atoms with Crippen molar-refractivity contribution in [3.63, 3.8) is 0 Å². The van der Waals surface area contributed by atoms with Crippen LogP contribution in [0.1, 0.15) is 23.1 Å². The van der Waals surface area contributed by atoms with Crippen LogP contribution in [0.5, 0.6) is 5.75 Å². The predicted octanol–water partition coefficient (Wildman–Crippen LogP) is 1.30. The topological polar surface area (TPSA) is 51.2 Å². The quantitative estimate of drug-likeness (QED) is 0.721. The minimum absolute atomic E-state index is 0.0449. The van der Waals surface area contributed by atoms with Gasteiger partial charge < -0.3 is 19.3 Å². The van der Waals surface area contributed by atoms with Crippen molar-refractivity contribution >= 4 is 0 Å². The first-order valence-corrected chi connectivity index (χ1v) is 9.22. The Morgan fingerprint density at radius 3 is 2.80 bits per heavy atom. The standard InChI is InChI=1S/C20H23NO4/c1-12-3-4-13-11-14-19(22)5-6-20(23-9-10-24-20)17-18(19,7-8-21(14)2)15(13)16(12)25-17/h3-6,14,17,22H,7-11H2,1-2H3/t14-,17?,18+,19?/m1/s1. The minimum atomic E-state index is -0.961. The van der Waals surface area contributed by atoms with Gasteiger partial charge in [-0.25, -0.2) is 0 Å². The van der Waals surface area contributed by atoms with Crippen LogP contribution >= 0.6 is 0 Å². The van der Waals surface area contributed by atoms with E-state index in [0.29, 0.717) is 13.2 Å². The Kier molecular flexibility index (Phi) is 2.53. The van der Waals surface area contributed by atoms with E-state index in [2.05, 4.69) is 31.0 Å².